The number of sulfone groups is 1. The molecule has 0 radical (unpaired) electrons. The average Bonchev–Trinajstić information content (AvgIpc) is 3.15. The van der Waals surface area contributed by atoms with Crippen molar-refractivity contribution in [3.63, 3.8) is 0 Å². The lowest BCUT2D eigenvalue weighted by Crippen LogP contribution is -2.31. The molecule has 0 bridgehead atoms. The third kappa shape index (κ3) is 4.86. The van der Waals surface area contributed by atoms with Gasteiger partial charge in [0.25, 0.3) is 0 Å². The van der Waals surface area contributed by atoms with Gasteiger partial charge < -0.3 is 0 Å². The maximum Gasteiger partial charge on any atom is 0.243 e. The van der Waals surface area contributed by atoms with Crippen LogP contribution in [-0.2, 0) is 25.6 Å². The van der Waals surface area contributed by atoms with E-state index in [4.69, 9.17) is 0 Å². The summed E-state index contributed by atoms with van der Waals surface area (Å²) in [5.74, 6) is -0.178. The van der Waals surface area contributed by atoms with Crippen molar-refractivity contribution in [2.24, 2.45) is 0 Å². The highest BCUT2D eigenvalue weighted by Gasteiger charge is 2.26. The van der Waals surface area contributed by atoms with E-state index in [1.54, 1.807) is 35.3 Å². The van der Waals surface area contributed by atoms with Gasteiger partial charge >= 0.3 is 0 Å². The summed E-state index contributed by atoms with van der Waals surface area (Å²) >= 11 is 0. The van der Waals surface area contributed by atoms with Crippen LogP contribution in [0.3, 0.4) is 0 Å². The van der Waals surface area contributed by atoms with Crippen LogP contribution in [0, 0.1) is 0 Å². The molecule has 10 heteroatoms. The molecule has 1 aliphatic rings. The summed E-state index contributed by atoms with van der Waals surface area (Å²) in [6.07, 6.45) is 6.75. The number of hydrogen-bond donors (Lipinski definition) is 0. The van der Waals surface area contributed by atoms with Gasteiger partial charge in [0.2, 0.25) is 10.0 Å². The van der Waals surface area contributed by atoms with E-state index >= 15 is 0 Å². The van der Waals surface area contributed by atoms with Crippen LogP contribution in [0.1, 0.15) is 31.2 Å². The second-order valence-electron chi connectivity index (χ2n) is 7.56. The molecule has 164 valence electrons. The van der Waals surface area contributed by atoms with E-state index in [9.17, 15) is 16.8 Å². The van der Waals surface area contributed by atoms with Crippen LogP contribution >= 0.6 is 0 Å². The van der Waals surface area contributed by atoms with E-state index in [0.29, 0.717) is 18.7 Å². The fraction of sp³-hybridized carbons (Fsp3) is 0.333. The summed E-state index contributed by atoms with van der Waals surface area (Å²) < 4.78 is 54.5. The number of aromatic nitrogens is 3. The lowest BCUT2D eigenvalue weighted by Gasteiger charge is -2.20. The van der Waals surface area contributed by atoms with Crippen LogP contribution in [0.25, 0.3) is 5.69 Å². The van der Waals surface area contributed by atoms with E-state index < -0.39 is 19.9 Å². The van der Waals surface area contributed by atoms with Crippen LogP contribution in [0.5, 0.6) is 0 Å². The zero-order chi connectivity index (χ0) is 21.9. The average molecular weight is 461 g/mol. The summed E-state index contributed by atoms with van der Waals surface area (Å²) in [6, 6.07) is 12.5. The van der Waals surface area contributed by atoms with Crippen molar-refractivity contribution in [3.05, 3.63) is 66.7 Å². The quantitative estimate of drug-likeness (QED) is 0.561. The van der Waals surface area contributed by atoms with Crippen LogP contribution in [0.2, 0.25) is 0 Å². The topological polar surface area (TPSA) is 102 Å². The Labute approximate surface area is 182 Å². The molecule has 2 aromatic carbocycles. The molecule has 0 unspecified atom stereocenters. The van der Waals surface area contributed by atoms with Crippen molar-refractivity contribution < 1.29 is 16.8 Å². The third-order valence-corrected chi connectivity index (χ3v) is 8.98. The van der Waals surface area contributed by atoms with Gasteiger partial charge in [-0.15, -0.1) is 0 Å². The first-order valence-electron chi connectivity index (χ1n) is 10.1. The zero-order valence-corrected chi connectivity index (χ0v) is 18.6. The number of nitrogens with zero attached hydrogens (tertiary/aromatic N) is 4. The molecule has 0 spiro atoms. The molecule has 4 rings (SSSR count). The third-order valence-electron chi connectivity index (χ3n) is 5.36. The van der Waals surface area contributed by atoms with Gasteiger partial charge in [0, 0.05) is 13.1 Å². The minimum Gasteiger partial charge on any atom is -0.223 e. The summed E-state index contributed by atoms with van der Waals surface area (Å²) in [4.78, 5) is 4.12. The predicted octanol–water partition coefficient (Wildman–Crippen LogP) is 2.81. The van der Waals surface area contributed by atoms with Gasteiger partial charge in [-0.25, -0.2) is 26.5 Å². The molecule has 31 heavy (non-hydrogen) atoms. The van der Waals surface area contributed by atoms with Gasteiger partial charge in [0.1, 0.15) is 12.7 Å². The number of sulfonamides is 1. The molecule has 1 saturated heterocycles. The van der Waals surface area contributed by atoms with Gasteiger partial charge in [-0.2, -0.15) is 9.40 Å². The normalized spacial score (nSPS) is 16.1. The maximum absolute atomic E-state index is 12.9. The summed E-state index contributed by atoms with van der Waals surface area (Å²) in [7, 11) is -7.22. The highest BCUT2D eigenvalue weighted by Crippen LogP contribution is 2.23. The molecule has 0 N–H and O–H groups in total. The minimum atomic E-state index is -3.62. The van der Waals surface area contributed by atoms with Crippen LogP contribution in [-0.4, -0.2) is 49.0 Å². The predicted molar refractivity (Wildman–Crippen MR) is 116 cm³/mol. The Morgan fingerprint density at radius 1 is 0.774 bits per heavy atom. The van der Waals surface area contributed by atoms with E-state index in [0.717, 1.165) is 31.4 Å². The lowest BCUT2D eigenvalue weighted by molar-refractivity contribution is 0.423. The standard InChI is InChI=1S/C21H24N4O4S2/c26-30(27,15-18-5-7-19(8-6-18)25-17-22-16-23-25)20-9-11-21(12-10-20)31(28,29)24-13-3-1-2-4-14-24/h5-12,16-17H,1-4,13-15H2. The Balaban J connectivity index is 1.50. The van der Waals surface area contributed by atoms with Crippen LogP contribution in [0.15, 0.2) is 71.0 Å². The van der Waals surface area contributed by atoms with E-state index in [1.165, 1.54) is 34.9 Å². The van der Waals surface area contributed by atoms with E-state index in [2.05, 4.69) is 10.1 Å². The fourth-order valence-corrected chi connectivity index (χ4v) is 6.51. The number of hydrogen-bond acceptors (Lipinski definition) is 6. The largest absolute Gasteiger partial charge is 0.243 e. The Kier molecular flexibility index (Phi) is 6.22. The lowest BCUT2D eigenvalue weighted by atomic mass is 10.2. The summed E-state index contributed by atoms with van der Waals surface area (Å²) in [5, 5.41) is 4.04. The molecule has 0 saturated carbocycles. The van der Waals surface area contributed by atoms with Gasteiger partial charge in [0.15, 0.2) is 9.84 Å². The monoisotopic (exact) mass is 460 g/mol. The van der Waals surface area contributed by atoms with Gasteiger partial charge in [-0.3, -0.25) is 0 Å². The number of benzene rings is 2. The van der Waals surface area contributed by atoms with Crippen LogP contribution < -0.4 is 0 Å². The molecule has 1 aliphatic heterocycles. The first kappa shape index (κ1) is 21.7. The van der Waals surface area contributed by atoms with Crippen molar-refractivity contribution in [2.45, 2.75) is 41.2 Å². The summed E-state index contributed by atoms with van der Waals surface area (Å²) in [6.45, 7) is 1.01. The zero-order valence-electron chi connectivity index (χ0n) is 17.0. The van der Waals surface area contributed by atoms with Crippen LogP contribution in [0.4, 0.5) is 0 Å². The first-order valence-corrected chi connectivity index (χ1v) is 13.2. The first-order chi connectivity index (χ1) is 14.9. The molecule has 0 atom stereocenters. The van der Waals surface area contributed by atoms with Gasteiger partial charge in [-0.05, 0) is 54.8 Å². The highest BCUT2D eigenvalue weighted by molar-refractivity contribution is 7.90. The molecule has 3 aromatic rings. The Bertz CT molecular complexity index is 1210. The molecular formula is C21H24N4O4S2. The second kappa shape index (κ2) is 8.89. The molecular weight excluding hydrogens is 436 g/mol. The maximum atomic E-state index is 12.9. The Morgan fingerprint density at radius 3 is 1.97 bits per heavy atom. The van der Waals surface area contributed by atoms with E-state index in [-0.39, 0.29) is 15.5 Å². The SMILES string of the molecule is O=S(=O)(Cc1ccc(-n2cncn2)cc1)c1ccc(S(=O)(=O)N2CCCCCC2)cc1. The molecule has 0 amide bonds. The summed E-state index contributed by atoms with van der Waals surface area (Å²) in [5.41, 5.74) is 1.41. The fourth-order valence-electron chi connectivity index (χ4n) is 3.64. The van der Waals surface area contributed by atoms with Crippen molar-refractivity contribution in [2.75, 3.05) is 13.1 Å². The molecule has 8 nitrogen and oxygen atoms in total. The van der Waals surface area contributed by atoms with Crippen molar-refractivity contribution >= 4 is 19.9 Å². The molecule has 0 aliphatic carbocycles. The Morgan fingerprint density at radius 2 is 1.39 bits per heavy atom. The molecule has 1 fully saturated rings. The Hall–Kier alpha value is -2.56. The van der Waals surface area contributed by atoms with Crippen molar-refractivity contribution in [1.29, 1.82) is 0 Å². The van der Waals surface area contributed by atoms with E-state index in [1.807, 2.05) is 0 Å². The molecule has 1 aromatic heterocycles. The smallest absolute Gasteiger partial charge is 0.223 e. The minimum absolute atomic E-state index is 0.0997. The van der Waals surface area contributed by atoms with Gasteiger partial charge in [-0.1, -0.05) is 25.0 Å². The highest BCUT2D eigenvalue weighted by atomic mass is 32.2. The van der Waals surface area contributed by atoms with Crippen molar-refractivity contribution in [1.82, 2.24) is 19.1 Å². The molecule has 2 heterocycles. The number of rotatable bonds is 6. The van der Waals surface area contributed by atoms with Gasteiger partial charge in [0.05, 0.1) is 21.2 Å². The second-order valence-corrected chi connectivity index (χ2v) is 11.5. The van der Waals surface area contributed by atoms with Crippen molar-refractivity contribution in [3.8, 4) is 5.69 Å².